The van der Waals surface area contributed by atoms with Gasteiger partial charge in [-0.15, -0.1) is 0 Å². The van der Waals surface area contributed by atoms with Gasteiger partial charge in [0, 0.05) is 11.1 Å². The van der Waals surface area contributed by atoms with E-state index in [1.807, 2.05) is 6.07 Å². The molecule has 0 unspecified atom stereocenters. The van der Waals surface area contributed by atoms with Crippen molar-refractivity contribution in [1.82, 2.24) is 0 Å². The predicted octanol–water partition coefficient (Wildman–Crippen LogP) is 0.585. The van der Waals surface area contributed by atoms with Gasteiger partial charge in [-0.2, -0.15) is 5.26 Å². The molecule has 0 amide bonds. The van der Waals surface area contributed by atoms with Crippen molar-refractivity contribution in [1.29, 1.82) is 5.26 Å². The molecule has 3 rings (SSSR count). The van der Waals surface area contributed by atoms with E-state index in [0.717, 1.165) is 0 Å². The average Bonchev–Trinajstić information content (AvgIpc) is 2.73. The minimum Gasteiger partial charge on any atom is -0.462 e. The molecule has 0 spiro atoms. The van der Waals surface area contributed by atoms with Gasteiger partial charge in [0.25, 0.3) is 0 Å². The van der Waals surface area contributed by atoms with E-state index >= 15 is 0 Å². The summed E-state index contributed by atoms with van der Waals surface area (Å²) >= 11 is 0. The Labute approximate surface area is 173 Å². The maximum atomic E-state index is 12.9. The van der Waals surface area contributed by atoms with Crippen molar-refractivity contribution in [2.75, 3.05) is 6.61 Å². The topological polar surface area (TPSA) is 140 Å². The average molecular weight is 413 g/mol. The van der Waals surface area contributed by atoms with Crippen molar-refractivity contribution in [2.24, 2.45) is 0 Å². The van der Waals surface area contributed by atoms with Gasteiger partial charge in [-0.3, -0.25) is 4.79 Å². The second-order valence-corrected chi connectivity index (χ2v) is 7.27. The van der Waals surface area contributed by atoms with Gasteiger partial charge in [0.15, 0.2) is 5.78 Å². The smallest absolute Gasteiger partial charge is 0.229 e. The van der Waals surface area contributed by atoms with Crippen molar-refractivity contribution >= 4 is 5.78 Å². The van der Waals surface area contributed by atoms with E-state index in [0.29, 0.717) is 33.6 Å². The highest BCUT2D eigenvalue weighted by Crippen LogP contribution is 2.28. The SMILES string of the molecule is Cc1cc(O[C@H]2O[C@H](CO)[C@@H](O)[C@H](O)[C@H]2O)cc(C)c1C(=O)c1ccc(C#N)cc1. The Morgan fingerprint density at radius 2 is 1.67 bits per heavy atom. The Morgan fingerprint density at radius 3 is 2.20 bits per heavy atom. The lowest BCUT2D eigenvalue weighted by molar-refractivity contribution is -0.277. The minimum atomic E-state index is -1.54. The molecule has 0 radical (unpaired) electrons. The number of nitriles is 1. The molecule has 30 heavy (non-hydrogen) atoms. The minimum absolute atomic E-state index is 0.200. The van der Waals surface area contributed by atoms with Gasteiger partial charge in [0.05, 0.1) is 18.2 Å². The summed E-state index contributed by atoms with van der Waals surface area (Å²) in [5.41, 5.74) is 2.65. The van der Waals surface area contributed by atoms with Crippen LogP contribution in [-0.4, -0.2) is 63.5 Å². The number of rotatable bonds is 5. The summed E-state index contributed by atoms with van der Waals surface area (Å²) in [7, 11) is 0. The summed E-state index contributed by atoms with van der Waals surface area (Å²) in [6.45, 7) is 2.93. The molecule has 1 fully saturated rings. The van der Waals surface area contributed by atoms with Gasteiger partial charge >= 0.3 is 0 Å². The third-order valence-corrected chi connectivity index (χ3v) is 5.11. The van der Waals surface area contributed by atoms with Gasteiger partial charge in [0.2, 0.25) is 6.29 Å². The Kier molecular flexibility index (Phi) is 6.51. The van der Waals surface area contributed by atoms with Crippen molar-refractivity contribution in [3.05, 3.63) is 64.2 Å². The lowest BCUT2D eigenvalue weighted by Gasteiger charge is -2.39. The summed E-state index contributed by atoms with van der Waals surface area (Å²) in [5.74, 6) is 0.0968. The predicted molar refractivity (Wildman–Crippen MR) is 105 cm³/mol. The first-order valence-electron chi connectivity index (χ1n) is 9.40. The Bertz CT molecular complexity index is 941. The molecule has 5 atom stereocenters. The summed E-state index contributed by atoms with van der Waals surface area (Å²) in [5, 5.41) is 48.1. The number of hydrogen-bond acceptors (Lipinski definition) is 8. The van der Waals surface area contributed by atoms with E-state index in [9.17, 15) is 25.2 Å². The molecule has 0 aromatic heterocycles. The standard InChI is InChI=1S/C22H23NO7/c1-11-7-15(29-22-21(28)20(27)19(26)16(10-24)30-22)8-12(2)17(11)18(25)14-5-3-13(9-23)4-6-14/h3-8,16,19-22,24,26-28H,10H2,1-2H3/t16-,19-,20+,21-,22+/m1/s1. The number of aliphatic hydroxyl groups is 4. The van der Waals surface area contributed by atoms with Crippen LogP contribution in [0.15, 0.2) is 36.4 Å². The van der Waals surface area contributed by atoms with E-state index in [1.54, 1.807) is 50.2 Å². The van der Waals surface area contributed by atoms with Crippen LogP contribution < -0.4 is 4.74 Å². The molecule has 4 N–H and O–H groups in total. The summed E-state index contributed by atoms with van der Waals surface area (Å²) in [6, 6.07) is 11.6. The monoisotopic (exact) mass is 413 g/mol. The fourth-order valence-corrected chi connectivity index (χ4v) is 3.49. The van der Waals surface area contributed by atoms with Crippen LogP contribution in [0.5, 0.6) is 5.75 Å². The van der Waals surface area contributed by atoms with Crippen molar-refractivity contribution in [3.8, 4) is 11.8 Å². The molecule has 2 aromatic rings. The second kappa shape index (κ2) is 8.92. The highest BCUT2D eigenvalue weighted by atomic mass is 16.7. The van der Waals surface area contributed by atoms with Crippen LogP contribution in [0.1, 0.15) is 32.6 Å². The van der Waals surface area contributed by atoms with Crippen LogP contribution in [0.3, 0.4) is 0 Å². The van der Waals surface area contributed by atoms with E-state index in [-0.39, 0.29) is 5.78 Å². The zero-order chi connectivity index (χ0) is 22.0. The van der Waals surface area contributed by atoms with E-state index in [4.69, 9.17) is 14.7 Å². The first-order chi connectivity index (χ1) is 14.3. The number of nitrogens with zero attached hydrogens (tertiary/aromatic N) is 1. The molecule has 1 aliphatic heterocycles. The maximum Gasteiger partial charge on any atom is 0.229 e. The highest BCUT2D eigenvalue weighted by Gasteiger charge is 2.44. The molecule has 1 saturated heterocycles. The summed E-state index contributed by atoms with van der Waals surface area (Å²) < 4.78 is 11.0. The van der Waals surface area contributed by atoms with Gasteiger partial charge in [0.1, 0.15) is 30.2 Å². The lowest BCUT2D eigenvalue weighted by Crippen LogP contribution is -2.60. The number of ether oxygens (including phenoxy) is 2. The van der Waals surface area contributed by atoms with E-state index in [2.05, 4.69) is 0 Å². The molecule has 158 valence electrons. The molecule has 1 aliphatic rings. The quantitative estimate of drug-likeness (QED) is 0.522. The second-order valence-electron chi connectivity index (χ2n) is 7.27. The van der Waals surface area contributed by atoms with Crippen LogP contribution >= 0.6 is 0 Å². The van der Waals surface area contributed by atoms with E-state index < -0.39 is 37.3 Å². The van der Waals surface area contributed by atoms with Crippen LogP contribution in [0.25, 0.3) is 0 Å². The maximum absolute atomic E-state index is 12.9. The number of carbonyl (C=O) groups excluding carboxylic acids is 1. The van der Waals surface area contributed by atoms with Crippen molar-refractivity contribution in [2.45, 2.75) is 44.6 Å². The van der Waals surface area contributed by atoms with Crippen LogP contribution in [0.2, 0.25) is 0 Å². The Morgan fingerprint density at radius 1 is 1.07 bits per heavy atom. The first kappa shape index (κ1) is 21.9. The number of ketones is 1. The first-order valence-corrected chi connectivity index (χ1v) is 9.40. The zero-order valence-corrected chi connectivity index (χ0v) is 16.5. The van der Waals surface area contributed by atoms with Gasteiger partial charge in [-0.05, 0) is 61.4 Å². The molecule has 0 aliphatic carbocycles. The normalized spacial score (nSPS) is 26.1. The molecule has 2 aromatic carbocycles. The summed E-state index contributed by atoms with van der Waals surface area (Å²) in [6.07, 6.45) is -6.92. The molecule has 8 nitrogen and oxygen atoms in total. The number of aliphatic hydroxyl groups excluding tert-OH is 4. The number of benzene rings is 2. The highest BCUT2D eigenvalue weighted by molar-refractivity contribution is 6.10. The van der Waals surface area contributed by atoms with Crippen LogP contribution in [0.4, 0.5) is 0 Å². The third-order valence-electron chi connectivity index (χ3n) is 5.11. The van der Waals surface area contributed by atoms with Crippen LogP contribution in [-0.2, 0) is 4.74 Å². The largest absolute Gasteiger partial charge is 0.462 e. The lowest BCUT2D eigenvalue weighted by atomic mass is 9.94. The number of carbonyl (C=O) groups is 1. The van der Waals surface area contributed by atoms with Gasteiger partial charge < -0.3 is 29.9 Å². The van der Waals surface area contributed by atoms with Gasteiger partial charge in [-0.25, -0.2) is 0 Å². The molecular formula is C22H23NO7. The number of aryl methyl sites for hydroxylation is 2. The van der Waals surface area contributed by atoms with Crippen LogP contribution in [0, 0.1) is 25.2 Å². The zero-order valence-electron chi connectivity index (χ0n) is 16.5. The van der Waals surface area contributed by atoms with E-state index in [1.165, 1.54) is 0 Å². The van der Waals surface area contributed by atoms with Crippen molar-refractivity contribution < 1.29 is 34.7 Å². The molecule has 0 bridgehead atoms. The molecule has 1 heterocycles. The van der Waals surface area contributed by atoms with Gasteiger partial charge in [-0.1, -0.05) is 0 Å². The molecule has 0 saturated carbocycles. The fourth-order valence-electron chi connectivity index (χ4n) is 3.49. The molecular weight excluding hydrogens is 390 g/mol. The fraction of sp³-hybridized carbons (Fsp3) is 0.364. The molecule has 8 heteroatoms. The summed E-state index contributed by atoms with van der Waals surface area (Å²) in [4.78, 5) is 12.9. The Balaban J connectivity index is 1.84. The van der Waals surface area contributed by atoms with Crippen molar-refractivity contribution in [3.63, 3.8) is 0 Å². The Hall–Kier alpha value is -2.80. The third kappa shape index (κ3) is 4.21. The number of hydrogen-bond donors (Lipinski definition) is 4.